The molecule has 21 heavy (non-hydrogen) atoms. The Labute approximate surface area is 126 Å². The van der Waals surface area contributed by atoms with E-state index >= 15 is 0 Å². The fourth-order valence-electron chi connectivity index (χ4n) is 2.30. The summed E-state index contributed by atoms with van der Waals surface area (Å²) in [6.45, 7) is 1.87. The maximum absolute atomic E-state index is 12.3. The van der Waals surface area contributed by atoms with Crippen LogP contribution in [0.4, 0.5) is 0 Å². The average Bonchev–Trinajstić information content (AvgIpc) is 2.48. The molecule has 3 nitrogen and oxygen atoms in total. The van der Waals surface area contributed by atoms with Crippen LogP contribution in [0, 0.1) is 6.92 Å². The predicted molar refractivity (Wildman–Crippen MR) is 84.2 cm³/mol. The van der Waals surface area contributed by atoms with Crippen molar-refractivity contribution in [1.29, 1.82) is 0 Å². The summed E-state index contributed by atoms with van der Waals surface area (Å²) in [6, 6.07) is 12.3. The van der Waals surface area contributed by atoms with Gasteiger partial charge in [0.15, 0.2) is 5.43 Å². The minimum Gasteiger partial charge on any atom is -0.497 e. The number of hydrogen-bond donors (Lipinski definition) is 0. The highest BCUT2D eigenvalue weighted by Gasteiger charge is 2.10. The van der Waals surface area contributed by atoms with Crippen molar-refractivity contribution < 1.29 is 9.15 Å². The molecule has 0 radical (unpaired) electrons. The number of ether oxygens (including phenoxy) is 1. The van der Waals surface area contributed by atoms with E-state index in [1.807, 2.05) is 31.2 Å². The van der Waals surface area contributed by atoms with Crippen molar-refractivity contribution in [2.75, 3.05) is 7.11 Å². The Bertz CT molecular complexity index is 881. The zero-order valence-corrected chi connectivity index (χ0v) is 12.4. The third-order valence-electron chi connectivity index (χ3n) is 3.33. The SMILES string of the molecule is COc1cccc(-c2cc(=O)c3cc(Cl)cc(C)c3o2)c1. The van der Waals surface area contributed by atoms with Gasteiger partial charge in [0.1, 0.15) is 17.1 Å². The molecule has 3 aromatic rings. The Balaban J connectivity index is 2.27. The van der Waals surface area contributed by atoms with Gasteiger partial charge in [0.05, 0.1) is 12.5 Å². The van der Waals surface area contributed by atoms with Gasteiger partial charge in [-0.15, -0.1) is 0 Å². The van der Waals surface area contributed by atoms with Crippen molar-refractivity contribution in [3.63, 3.8) is 0 Å². The average molecular weight is 301 g/mol. The van der Waals surface area contributed by atoms with E-state index in [0.717, 1.165) is 11.1 Å². The molecule has 0 fully saturated rings. The van der Waals surface area contributed by atoms with E-state index in [2.05, 4.69) is 0 Å². The Morgan fingerprint density at radius 3 is 2.71 bits per heavy atom. The highest BCUT2D eigenvalue weighted by atomic mass is 35.5. The van der Waals surface area contributed by atoms with Crippen LogP contribution < -0.4 is 10.2 Å². The van der Waals surface area contributed by atoms with Crippen LogP contribution in [0.5, 0.6) is 5.75 Å². The zero-order valence-electron chi connectivity index (χ0n) is 11.6. The van der Waals surface area contributed by atoms with Crippen LogP contribution in [0.25, 0.3) is 22.3 Å². The fourth-order valence-corrected chi connectivity index (χ4v) is 2.58. The number of halogens is 1. The van der Waals surface area contributed by atoms with Gasteiger partial charge in [0.2, 0.25) is 0 Å². The van der Waals surface area contributed by atoms with Crippen LogP contribution in [-0.4, -0.2) is 7.11 Å². The Kier molecular flexibility index (Phi) is 3.43. The number of aryl methyl sites for hydroxylation is 1. The van der Waals surface area contributed by atoms with E-state index in [1.54, 1.807) is 19.2 Å². The lowest BCUT2D eigenvalue weighted by atomic mass is 10.1. The second-order valence-electron chi connectivity index (χ2n) is 4.81. The Hall–Kier alpha value is -2.26. The molecule has 0 atom stereocenters. The molecule has 2 aromatic carbocycles. The first-order valence-electron chi connectivity index (χ1n) is 6.47. The molecule has 106 valence electrons. The summed E-state index contributed by atoms with van der Waals surface area (Å²) in [5, 5.41) is 1.02. The smallest absolute Gasteiger partial charge is 0.193 e. The molecule has 0 spiro atoms. The van der Waals surface area contributed by atoms with Gasteiger partial charge in [-0.1, -0.05) is 23.7 Å². The largest absolute Gasteiger partial charge is 0.497 e. The molecular formula is C17H13ClO3. The summed E-state index contributed by atoms with van der Waals surface area (Å²) in [6.07, 6.45) is 0. The second kappa shape index (κ2) is 5.26. The van der Waals surface area contributed by atoms with Crippen molar-refractivity contribution in [3.05, 3.63) is 63.3 Å². The number of benzene rings is 2. The second-order valence-corrected chi connectivity index (χ2v) is 5.24. The van der Waals surface area contributed by atoms with E-state index in [4.69, 9.17) is 20.8 Å². The maximum Gasteiger partial charge on any atom is 0.193 e. The van der Waals surface area contributed by atoms with E-state index in [0.29, 0.717) is 27.5 Å². The molecule has 0 amide bonds. The lowest BCUT2D eigenvalue weighted by molar-refractivity contribution is 0.415. The minimum absolute atomic E-state index is 0.111. The van der Waals surface area contributed by atoms with Gasteiger partial charge in [0, 0.05) is 16.7 Å². The van der Waals surface area contributed by atoms with E-state index in [-0.39, 0.29) is 5.43 Å². The quantitative estimate of drug-likeness (QED) is 0.703. The third-order valence-corrected chi connectivity index (χ3v) is 3.55. The molecule has 0 aliphatic rings. The first-order chi connectivity index (χ1) is 10.1. The Morgan fingerprint density at radius 1 is 1.14 bits per heavy atom. The molecule has 0 unspecified atom stereocenters. The monoisotopic (exact) mass is 300 g/mol. The van der Waals surface area contributed by atoms with Gasteiger partial charge in [-0.3, -0.25) is 4.79 Å². The molecule has 0 saturated carbocycles. The number of methoxy groups -OCH3 is 1. The number of fused-ring (bicyclic) bond motifs is 1. The predicted octanol–water partition coefficient (Wildman–Crippen LogP) is 4.43. The molecule has 1 heterocycles. The minimum atomic E-state index is -0.111. The summed E-state index contributed by atoms with van der Waals surface area (Å²) in [5.74, 6) is 1.22. The third kappa shape index (κ3) is 2.52. The normalized spacial score (nSPS) is 10.8. The van der Waals surface area contributed by atoms with Crippen LogP contribution >= 0.6 is 11.6 Å². The van der Waals surface area contributed by atoms with Crippen LogP contribution in [0.2, 0.25) is 5.02 Å². The van der Waals surface area contributed by atoms with Crippen molar-refractivity contribution in [2.24, 2.45) is 0 Å². The molecule has 0 aliphatic heterocycles. The van der Waals surface area contributed by atoms with Gasteiger partial charge in [-0.05, 0) is 36.8 Å². The molecule has 0 aliphatic carbocycles. The lowest BCUT2D eigenvalue weighted by Gasteiger charge is -2.07. The van der Waals surface area contributed by atoms with Crippen molar-refractivity contribution >= 4 is 22.6 Å². The van der Waals surface area contributed by atoms with Gasteiger partial charge < -0.3 is 9.15 Å². The number of hydrogen-bond acceptors (Lipinski definition) is 3. The highest BCUT2D eigenvalue weighted by molar-refractivity contribution is 6.31. The Morgan fingerprint density at radius 2 is 1.95 bits per heavy atom. The molecule has 4 heteroatoms. The van der Waals surface area contributed by atoms with E-state index < -0.39 is 0 Å². The molecular weight excluding hydrogens is 288 g/mol. The van der Waals surface area contributed by atoms with E-state index in [9.17, 15) is 4.79 Å². The van der Waals surface area contributed by atoms with Crippen LogP contribution in [0.15, 0.2) is 51.7 Å². The topological polar surface area (TPSA) is 39.4 Å². The molecule has 0 N–H and O–H groups in total. The summed E-state index contributed by atoms with van der Waals surface area (Å²) in [4.78, 5) is 12.3. The maximum atomic E-state index is 12.3. The summed E-state index contributed by atoms with van der Waals surface area (Å²) >= 11 is 6.00. The fraction of sp³-hybridized carbons (Fsp3) is 0.118. The highest BCUT2D eigenvalue weighted by Crippen LogP contribution is 2.28. The molecule has 1 aromatic heterocycles. The zero-order chi connectivity index (χ0) is 15.0. The lowest BCUT2D eigenvalue weighted by Crippen LogP contribution is -2.01. The van der Waals surface area contributed by atoms with Gasteiger partial charge in [-0.2, -0.15) is 0 Å². The molecule has 0 saturated heterocycles. The molecule has 0 bridgehead atoms. The number of rotatable bonds is 2. The van der Waals surface area contributed by atoms with Gasteiger partial charge in [0.25, 0.3) is 0 Å². The van der Waals surface area contributed by atoms with Gasteiger partial charge >= 0.3 is 0 Å². The van der Waals surface area contributed by atoms with Crippen molar-refractivity contribution in [3.8, 4) is 17.1 Å². The first kappa shape index (κ1) is 13.7. The standard InChI is InChI=1S/C17H13ClO3/c1-10-6-12(18)8-14-15(19)9-16(21-17(10)14)11-4-3-5-13(7-11)20-2/h3-9H,1-2H3. The van der Waals surface area contributed by atoms with Crippen LogP contribution in [-0.2, 0) is 0 Å². The first-order valence-corrected chi connectivity index (χ1v) is 6.85. The summed E-state index contributed by atoms with van der Waals surface area (Å²) in [7, 11) is 1.60. The van der Waals surface area contributed by atoms with Crippen LogP contribution in [0.1, 0.15) is 5.56 Å². The van der Waals surface area contributed by atoms with Crippen molar-refractivity contribution in [1.82, 2.24) is 0 Å². The van der Waals surface area contributed by atoms with Gasteiger partial charge in [-0.25, -0.2) is 0 Å². The summed E-state index contributed by atoms with van der Waals surface area (Å²) in [5.41, 5.74) is 2.08. The molecule has 3 rings (SSSR count). The summed E-state index contributed by atoms with van der Waals surface area (Å²) < 4.78 is 11.1. The van der Waals surface area contributed by atoms with Crippen LogP contribution in [0.3, 0.4) is 0 Å². The van der Waals surface area contributed by atoms with E-state index in [1.165, 1.54) is 6.07 Å². The van der Waals surface area contributed by atoms with Crippen molar-refractivity contribution in [2.45, 2.75) is 6.92 Å².